The molecule has 2 aromatic carbocycles. The Hall–Kier alpha value is -2.53. The molecule has 0 aliphatic rings. The van der Waals surface area contributed by atoms with E-state index in [4.69, 9.17) is 10.5 Å². The summed E-state index contributed by atoms with van der Waals surface area (Å²) in [6.07, 6.45) is 0. The highest BCUT2D eigenvalue weighted by Crippen LogP contribution is 2.15. The Kier molecular flexibility index (Phi) is 5.80. The fourth-order valence-corrected chi connectivity index (χ4v) is 1.87. The molecule has 0 heterocycles. The molecule has 4 N–H and O–H groups in total. The molecule has 0 unspecified atom stereocenters. The van der Waals surface area contributed by atoms with Crippen LogP contribution < -0.4 is 21.1 Å². The molecule has 2 rings (SSSR count). The van der Waals surface area contributed by atoms with Crippen LogP contribution in [0.15, 0.2) is 48.5 Å². The van der Waals surface area contributed by atoms with Crippen LogP contribution in [-0.4, -0.2) is 25.6 Å². The lowest BCUT2D eigenvalue weighted by molar-refractivity contribution is -0.118. The number of rotatable bonds is 7. The summed E-state index contributed by atoms with van der Waals surface area (Å²) >= 11 is 0. The highest BCUT2D eigenvalue weighted by Gasteiger charge is 2.03. The van der Waals surface area contributed by atoms with Crippen LogP contribution in [0.25, 0.3) is 0 Å². The van der Waals surface area contributed by atoms with Crippen molar-refractivity contribution in [3.05, 3.63) is 54.1 Å². The van der Waals surface area contributed by atoms with Gasteiger partial charge < -0.3 is 21.1 Å². The zero-order chi connectivity index (χ0) is 15.8. The summed E-state index contributed by atoms with van der Waals surface area (Å²) in [6.45, 7) is 3.28. The minimum atomic E-state index is -0.186. The quantitative estimate of drug-likeness (QED) is 0.733. The van der Waals surface area contributed by atoms with Crippen molar-refractivity contribution < 1.29 is 9.53 Å². The average Bonchev–Trinajstić information content (AvgIpc) is 2.54. The molecule has 2 aromatic rings. The normalized spacial score (nSPS) is 10.1. The van der Waals surface area contributed by atoms with Crippen LogP contribution in [-0.2, 0) is 4.79 Å². The Labute approximate surface area is 130 Å². The first kappa shape index (κ1) is 15.9. The molecule has 116 valence electrons. The molecular weight excluding hydrogens is 278 g/mol. The number of nitrogens with two attached hydrogens (primary N) is 1. The van der Waals surface area contributed by atoms with Gasteiger partial charge in [0.25, 0.3) is 5.91 Å². The van der Waals surface area contributed by atoms with Crippen LogP contribution in [0.3, 0.4) is 0 Å². The van der Waals surface area contributed by atoms with Crippen molar-refractivity contribution in [1.29, 1.82) is 0 Å². The van der Waals surface area contributed by atoms with Crippen LogP contribution in [0, 0.1) is 6.92 Å². The second-order valence-corrected chi connectivity index (χ2v) is 4.94. The van der Waals surface area contributed by atoms with Crippen molar-refractivity contribution in [3.8, 4) is 5.75 Å². The van der Waals surface area contributed by atoms with Crippen molar-refractivity contribution in [3.63, 3.8) is 0 Å². The Morgan fingerprint density at radius 1 is 1.05 bits per heavy atom. The number of hydrogen-bond donors (Lipinski definition) is 3. The van der Waals surface area contributed by atoms with Gasteiger partial charge >= 0.3 is 0 Å². The topological polar surface area (TPSA) is 76.4 Å². The molecule has 22 heavy (non-hydrogen) atoms. The molecule has 0 atom stereocenters. The Morgan fingerprint density at radius 3 is 2.32 bits per heavy atom. The maximum atomic E-state index is 11.8. The van der Waals surface area contributed by atoms with Gasteiger partial charge in [-0.25, -0.2) is 0 Å². The minimum Gasteiger partial charge on any atom is -0.484 e. The monoisotopic (exact) mass is 299 g/mol. The molecule has 0 aliphatic carbocycles. The summed E-state index contributed by atoms with van der Waals surface area (Å²) in [5.74, 6) is 0.464. The predicted octanol–water partition coefficient (Wildman–Crippen LogP) is 2.38. The van der Waals surface area contributed by atoms with Gasteiger partial charge in [0.2, 0.25) is 0 Å². The Balaban J connectivity index is 1.79. The number of benzene rings is 2. The molecule has 5 heteroatoms. The largest absolute Gasteiger partial charge is 0.484 e. The number of carbonyl (C=O) groups is 1. The summed E-state index contributed by atoms with van der Waals surface area (Å²) < 4.78 is 5.46. The SMILES string of the molecule is Cc1ccc(NC(=O)COc2ccc(NCCN)cc2)cc1. The molecule has 0 bridgehead atoms. The number of hydrogen-bond acceptors (Lipinski definition) is 4. The van der Waals surface area contributed by atoms with Crippen molar-refractivity contribution in [2.75, 3.05) is 30.3 Å². The van der Waals surface area contributed by atoms with E-state index in [0.717, 1.165) is 23.5 Å². The highest BCUT2D eigenvalue weighted by molar-refractivity contribution is 5.91. The molecule has 0 spiro atoms. The Bertz CT molecular complexity index is 594. The summed E-state index contributed by atoms with van der Waals surface area (Å²) in [5, 5.41) is 5.95. The first-order valence-electron chi connectivity index (χ1n) is 7.21. The molecule has 0 saturated heterocycles. The van der Waals surface area contributed by atoms with E-state index in [2.05, 4.69) is 10.6 Å². The molecule has 0 fully saturated rings. The van der Waals surface area contributed by atoms with E-state index in [0.29, 0.717) is 12.3 Å². The van der Waals surface area contributed by atoms with E-state index in [1.165, 1.54) is 0 Å². The van der Waals surface area contributed by atoms with Crippen LogP contribution in [0.4, 0.5) is 11.4 Å². The summed E-state index contributed by atoms with van der Waals surface area (Å²) in [4.78, 5) is 11.8. The number of aryl methyl sites for hydroxylation is 1. The first-order chi connectivity index (χ1) is 10.7. The molecule has 0 radical (unpaired) electrons. The number of amides is 1. The third kappa shape index (κ3) is 5.10. The van der Waals surface area contributed by atoms with Gasteiger partial charge in [-0.1, -0.05) is 17.7 Å². The van der Waals surface area contributed by atoms with E-state index in [9.17, 15) is 4.79 Å². The van der Waals surface area contributed by atoms with Crippen molar-refractivity contribution in [2.45, 2.75) is 6.92 Å². The minimum absolute atomic E-state index is 0.0244. The van der Waals surface area contributed by atoms with Gasteiger partial charge in [-0.15, -0.1) is 0 Å². The molecule has 0 saturated carbocycles. The maximum absolute atomic E-state index is 11.8. The molecule has 0 aromatic heterocycles. The van der Waals surface area contributed by atoms with Crippen LogP contribution >= 0.6 is 0 Å². The van der Waals surface area contributed by atoms with E-state index >= 15 is 0 Å². The lowest BCUT2D eigenvalue weighted by atomic mass is 10.2. The van der Waals surface area contributed by atoms with E-state index in [-0.39, 0.29) is 12.5 Å². The van der Waals surface area contributed by atoms with Crippen molar-refractivity contribution >= 4 is 17.3 Å². The van der Waals surface area contributed by atoms with Gasteiger partial charge in [-0.2, -0.15) is 0 Å². The van der Waals surface area contributed by atoms with Gasteiger partial charge in [-0.3, -0.25) is 4.79 Å². The third-order valence-electron chi connectivity index (χ3n) is 3.03. The van der Waals surface area contributed by atoms with Gasteiger partial charge in [-0.05, 0) is 43.3 Å². The maximum Gasteiger partial charge on any atom is 0.262 e. The van der Waals surface area contributed by atoms with E-state index in [1.54, 1.807) is 0 Å². The summed E-state index contributed by atoms with van der Waals surface area (Å²) in [7, 11) is 0. The predicted molar refractivity (Wildman–Crippen MR) is 89.3 cm³/mol. The van der Waals surface area contributed by atoms with Gasteiger partial charge in [0, 0.05) is 24.5 Å². The average molecular weight is 299 g/mol. The lowest BCUT2D eigenvalue weighted by Gasteiger charge is -2.09. The zero-order valence-corrected chi connectivity index (χ0v) is 12.6. The fourth-order valence-electron chi connectivity index (χ4n) is 1.87. The third-order valence-corrected chi connectivity index (χ3v) is 3.03. The number of nitrogens with one attached hydrogen (secondary N) is 2. The van der Waals surface area contributed by atoms with Gasteiger partial charge in [0.05, 0.1) is 0 Å². The lowest BCUT2D eigenvalue weighted by Crippen LogP contribution is -2.20. The van der Waals surface area contributed by atoms with Crippen molar-refractivity contribution in [1.82, 2.24) is 0 Å². The van der Waals surface area contributed by atoms with Crippen LogP contribution in [0.2, 0.25) is 0 Å². The number of carbonyl (C=O) groups excluding carboxylic acids is 1. The Morgan fingerprint density at radius 2 is 1.68 bits per heavy atom. The molecular formula is C17H21N3O2. The first-order valence-corrected chi connectivity index (χ1v) is 7.21. The molecule has 1 amide bonds. The number of anilines is 2. The fraction of sp³-hybridized carbons (Fsp3) is 0.235. The second-order valence-electron chi connectivity index (χ2n) is 4.94. The van der Waals surface area contributed by atoms with Gasteiger partial charge in [0.15, 0.2) is 6.61 Å². The smallest absolute Gasteiger partial charge is 0.262 e. The van der Waals surface area contributed by atoms with E-state index < -0.39 is 0 Å². The zero-order valence-electron chi connectivity index (χ0n) is 12.6. The summed E-state index contributed by atoms with van der Waals surface area (Å²) in [6, 6.07) is 15.0. The van der Waals surface area contributed by atoms with Crippen LogP contribution in [0.5, 0.6) is 5.75 Å². The van der Waals surface area contributed by atoms with Gasteiger partial charge in [0.1, 0.15) is 5.75 Å². The van der Waals surface area contributed by atoms with Crippen LogP contribution in [0.1, 0.15) is 5.56 Å². The number of ether oxygens (including phenoxy) is 1. The summed E-state index contributed by atoms with van der Waals surface area (Å²) in [5.41, 5.74) is 8.32. The standard InChI is InChI=1S/C17H21N3O2/c1-13-2-4-15(5-3-13)20-17(21)12-22-16-8-6-14(7-9-16)19-11-10-18/h2-9,19H,10-12,18H2,1H3,(H,20,21). The van der Waals surface area contributed by atoms with E-state index in [1.807, 2.05) is 55.5 Å². The second kappa shape index (κ2) is 8.05. The molecule has 0 aliphatic heterocycles. The molecule has 5 nitrogen and oxygen atoms in total. The highest BCUT2D eigenvalue weighted by atomic mass is 16.5. The van der Waals surface area contributed by atoms with Crippen molar-refractivity contribution in [2.24, 2.45) is 5.73 Å².